The lowest BCUT2D eigenvalue weighted by Gasteiger charge is -2.31. The zero-order valence-corrected chi connectivity index (χ0v) is 18.8. The second-order valence-corrected chi connectivity index (χ2v) is 7.61. The van der Waals surface area contributed by atoms with Gasteiger partial charge in [-0.25, -0.2) is 25.2 Å². The SMILES string of the molecule is COCc1cc(OC)cc(C(Nc2ccc(C(=N)N)cc2)C2NC(=O)NN2c2ncccn2)c1. The zero-order valence-electron chi connectivity index (χ0n) is 18.8. The third-order valence-electron chi connectivity index (χ3n) is 5.28. The first-order valence-electron chi connectivity index (χ1n) is 10.5. The van der Waals surface area contributed by atoms with Crippen LogP contribution in [0, 0.1) is 5.41 Å². The molecule has 1 fully saturated rings. The number of nitrogens with one attached hydrogen (secondary N) is 4. The van der Waals surface area contributed by atoms with E-state index in [1.54, 1.807) is 49.8 Å². The van der Waals surface area contributed by atoms with Crippen molar-refractivity contribution in [2.24, 2.45) is 5.73 Å². The largest absolute Gasteiger partial charge is 0.497 e. The van der Waals surface area contributed by atoms with Crippen LogP contribution in [0.5, 0.6) is 5.75 Å². The number of nitrogen functional groups attached to an aromatic ring is 1. The number of anilines is 2. The molecule has 1 aliphatic heterocycles. The van der Waals surface area contributed by atoms with Crippen LogP contribution in [0.2, 0.25) is 0 Å². The highest BCUT2D eigenvalue weighted by Gasteiger charge is 2.38. The number of hydrogen-bond acceptors (Lipinski definition) is 8. The second kappa shape index (κ2) is 10.0. The number of urea groups is 1. The standard InChI is InChI=1S/C23H26N8O3/c1-33-13-14-10-16(12-18(11-14)34-2)19(28-17-6-4-15(5-7-17)20(24)25)21-29-23(32)30-31(21)22-26-8-3-9-27-22/h3-12,19,21,28H,13H2,1-2H3,(H3,24,25)(H2,29,30,32). The molecule has 6 N–H and O–H groups in total. The number of nitrogens with zero attached hydrogens (tertiary/aromatic N) is 3. The quantitative estimate of drug-likeness (QED) is 0.240. The summed E-state index contributed by atoms with van der Waals surface area (Å²) in [5, 5.41) is 15.6. The van der Waals surface area contributed by atoms with Gasteiger partial charge in [0.05, 0.1) is 19.8 Å². The van der Waals surface area contributed by atoms with Crippen molar-refractivity contribution in [2.45, 2.75) is 18.8 Å². The minimum Gasteiger partial charge on any atom is -0.497 e. The highest BCUT2D eigenvalue weighted by Crippen LogP contribution is 2.31. The summed E-state index contributed by atoms with van der Waals surface area (Å²) in [6, 6.07) is 13.8. The smallest absolute Gasteiger partial charge is 0.335 e. The molecule has 2 amide bonds. The highest BCUT2D eigenvalue weighted by atomic mass is 16.5. The van der Waals surface area contributed by atoms with Crippen molar-refractivity contribution < 1.29 is 14.3 Å². The monoisotopic (exact) mass is 462 g/mol. The van der Waals surface area contributed by atoms with Gasteiger partial charge in [0, 0.05) is 30.8 Å². The number of aromatic nitrogens is 2. The molecule has 2 aromatic carbocycles. The van der Waals surface area contributed by atoms with Crippen LogP contribution in [0.25, 0.3) is 0 Å². The number of carbonyl (C=O) groups excluding carboxylic acids is 1. The Hall–Kier alpha value is -4.38. The molecule has 1 saturated heterocycles. The molecule has 1 aliphatic rings. The van der Waals surface area contributed by atoms with Crippen molar-refractivity contribution in [1.29, 1.82) is 5.41 Å². The lowest BCUT2D eigenvalue weighted by molar-refractivity contribution is 0.184. The Balaban J connectivity index is 1.77. The fourth-order valence-corrected chi connectivity index (χ4v) is 3.74. The van der Waals surface area contributed by atoms with Crippen molar-refractivity contribution in [3.63, 3.8) is 0 Å². The fourth-order valence-electron chi connectivity index (χ4n) is 3.74. The van der Waals surface area contributed by atoms with Crippen molar-refractivity contribution in [3.8, 4) is 5.75 Å². The molecule has 4 rings (SSSR count). The second-order valence-electron chi connectivity index (χ2n) is 7.61. The molecule has 0 radical (unpaired) electrons. The summed E-state index contributed by atoms with van der Waals surface area (Å²) in [7, 11) is 3.22. The topological polar surface area (TPSA) is 151 Å². The van der Waals surface area contributed by atoms with Gasteiger partial charge >= 0.3 is 6.03 Å². The number of nitrogens with two attached hydrogens (primary N) is 1. The molecule has 2 unspecified atom stereocenters. The summed E-state index contributed by atoms with van der Waals surface area (Å²) >= 11 is 0. The summed E-state index contributed by atoms with van der Waals surface area (Å²) in [6.07, 6.45) is 2.62. The average Bonchev–Trinajstić information content (AvgIpc) is 3.24. The Kier molecular flexibility index (Phi) is 6.74. The Morgan fingerprint density at radius 1 is 1.21 bits per heavy atom. The van der Waals surface area contributed by atoms with Gasteiger partial charge in [0.25, 0.3) is 0 Å². The fraction of sp³-hybridized carbons (Fsp3) is 0.217. The van der Waals surface area contributed by atoms with Gasteiger partial charge in [-0.15, -0.1) is 0 Å². The molecule has 0 aliphatic carbocycles. The van der Waals surface area contributed by atoms with Gasteiger partial charge in [0.2, 0.25) is 5.95 Å². The minimum atomic E-state index is -0.593. The number of amides is 2. The normalized spacial score (nSPS) is 15.9. The number of hydrazine groups is 1. The number of hydrogen-bond donors (Lipinski definition) is 5. The van der Waals surface area contributed by atoms with Crippen LogP contribution in [0.3, 0.4) is 0 Å². The molecule has 0 spiro atoms. The Morgan fingerprint density at radius 2 is 1.94 bits per heavy atom. The van der Waals surface area contributed by atoms with E-state index in [0.717, 1.165) is 16.8 Å². The minimum absolute atomic E-state index is 0.0141. The number of carbonyl (C=O) groups is 1. The third kappa shape index (κ3) is 4.99. The van der Waals surface area contributed by atoms with E-state index in [-0.39, 0.29) is 11.9 Å². The molecule has 34 heavy (non-hydrogen) atoms. The van der Waals surface area contributed by atoms with Crippen LogP contribution < -0.4 is 31.5 Å². The molecule has 2 heterocycles. The van der Waals surface area contributed by atoms with E-state index in [1.807, 2.05) is 30.3 Å². The van der Waals surface area contributed by atoms with Gasteiger partial charge in [-0.1, -0.05) is 6.07 Å². The molecule has 11 heteroatoms. The van der Waals surface area contributed by atoms with Crippen molar-refractivity contribution in [3.05, 3.63) is 77.6 Å². The molecule has 11 nitrogen and oxygen atoms in total. The van der Waals surface area contributed by atoms with Gasteiger partial charge in [-0.3, -0.25) is 5.41 Å². The first kappa shape index (κ1) is 22.8. The summed E-state index contributed by atoms with van der Waals surface area (Å²) in [4.78, 5) is 21.0. The predicted octanol–water partition coefficient (Wildman–Crippen LogP) is 2.13. The van der Waals surface area contributed by atoms with Crippen LogP contribution >= 0.6 is 0 Å². The van der Waals surface area contributed by atoms with Crippen LogP contribution in [0.15, 0.2) is 60.9 Å². The first-order valence-corrected chi connectivity index (χ1v) is 10.5. The predicted molar refractivity (Wildman–Crippen MR) is 127 cm³/mol. The molecule has 1 aromatic heterocycles. The van der Waals surface area contributed by atoms with Gasteiger partial charge in [-0.2, -0.15) is 0 Å². The van der Waals surface area contributed by atoms with Gasteiger partial charge in [0.15, 0.2) is 6.17 Å². The van der Waals surface area contributed by atoms with E-state index in [2.05, 4.69) is 26.0 Å². The number of ether oxygens (including phenoxy) is 2. The molecule has 3 aromatic rings. The molecular weight excluding hydrogens is 436 g/mol. The van der Waals surface area contributed by atoms with E-state index < -0.39 is 12.2 Å². The Morgan fingerprint density at radius 3 is 2.59 bits per heavy atom. The van der Waals surface area contributed by atoms with Crippen LogP contribution in [-0.4, -0.2) is 42.2 Å². The number of amidine groups is 1. The first-order chi connectivity index (χ1) is 16.5. The molecule has 2 atom stereocenters. The van der Waals surface area contributed by atoms with Crippen molar-refractivity contribution in [1.82, 2.24) is 20.7 Å². The van der Waals surface area contributed by atoms with Gasteiger partial charge in [-0.05, 0) is 53.6 Å². The molecule has 0 bridgehead atoms. The summed E-state index contributed by atoms with van der Waals surface area (Å²) in [5.41, 5.74) is 11.5. The van der Waals surface area contributed by atoms with Crippen molar-refractivity contribution in [2.75, 3.05) is 24.5 Å². The van der Waals surface area contributed by atoms with Crippen molar-refractivity contribution >= 4 is 23.5 Å². The van der Waals surface area contributed by atoms with Gasteiger partial charge < -0.3 is 25.8 Å². The maximum Gasteiger partial charge on any atom is 0.335 e. The van der Waals surface area contributed by atoms with Crippen LogP contribution in [0.1, 0.15) is 22.7 Å². The number of methoxy groups -OCH3 is 2. The molecule has 176 valence electrons. The van der Waals surface area contributed by atoms with E-state index in [0.29, 0.717) is 23.9 Å². The molecule has 0 saturated carbocycles. The third-order valence-corrected chi connectivity index (χ3v) is 5.28. The van der Waals surface area contributed by atoms with E-state index in [4.69, 9.17) is 20.6 Å². The van der Waals surface area contributed by atoms with E-state index in [9.17, 15) is 4.79 Å². The lowest BCUT2D eigenvalue weighted by Crippen LogP contribution is -2.47. The van der Waals surface area contributed by atoms with E-state index in [1.165, 1.54) is 0 Å². The Labute approximate surface area is 196 Å². The highest BCUT2D eigenvalue weighted by molar-refractivity contribution is 5.95. The van der Waals surface area contributed by atoms with E-state index >= 15 is 0 Å². The average molecular weight is 463 g/mol. The number of rotatable bonds is 9. The van der Waals surface area contributed by atoms with Crippen LogP contribution in [0.4, 0.5) is 16.4 Å². The van der Waals surface area contributed by atoms with Crippen LogP contribution in [-0.2, 0) is 11.3 Å². The number of benzene rings is 2. The summed E-state index contributed by atoms with van der Waals surface area (Å²) < 4.78 is 10.8. The maximum atomic E-state index is 12.4. The summed E-state index contributed by atoms with van der Waals surface area (Å²) in [6.45, 7) is 0.394. The molecular formula is C23H26N8O3. The van der Waals surface area contributed by atoms with Gasteiger partial charge in [0.1, 0.15) is 11.6 Å². The lowest BCUT2D eigenvalue weighted by atomic mass is 10.00. The Bertz CT molecular complexity index is 1160. The zero-order chi connectivity index (χ0) is 24.1. The summed E-state index contributed by atoms with van der Waals surface area (Å²) in [5.74, 6) is 0.979. The maximum absolute atomic E-state index is 12.4.